The first-order chi connectivity index (χ1) is 16.5. The van der Waals surface area contributed by atoms with Crippen molar-refractivity contribution in [2.24, 2.45) is 0 Å². The molecule has 182 valence electrons. The fourth-order valence-corrected chi connectivity index (χ4v) is 3.60. The number of halogens is 5. The number of benzene rings is 2. The van der Waals surface area contributed by atoms with Gasteiger partial charge in [-0.3, -0.25) is 9.59 Å². The van der Waals surface area contributed by atoms with Crippen molar-refractivity contribution in [3.8, 4) is 0 Å². The maximum atomic E-state index is 13.1. The second-order valence-corrected chi connectivity index (χ2v) is 7.91. The van der Waals surface area contributed by atoms with Gasteiger partial charge in [-0.25, -0.2) is 14.8 Å². The van der Waals surface area contributed by atoms with Crippen molar-refractivity contribution in [3.63, 3.8) is 0 Å². The third kappa shape index (κ3) is 6.46. The molecular weight excluding hydrogens is 512 g/mol. The number of anilines is 1. The number of carbonyl (C=O) groups is 3. The quantitative estimate of drug-likeness (QED) is 0.417. The van der Waals surface area contributed by atoms with E-state index >= 15 is 0 Å². The lowest BCUT2D eigenvalue weighted by Gasteiger charge is -2.16. The molecule has 0 saturated carbocycles. The molecule has 3 aromatic rings. The monoisotopic (exact) mass is 526 g/mol. The summed E-state index contributed by atoms with van der Waals surface area (Å²) in [6, 6.07) is 8.97. The molecule has 0 radical (unpaired) electrons. The van der Waals surface area contributed by atoms with E-state index in [2.05, 4.69) is 20.6 Å². The molecule has 1 heterocycles. The van der Waals surface area contributed by atoms with Crippen molar-refractivity contribution in [2.75, 3.05) is 5.32 Å². The van der Waals surface area contributed by atoms with Crippen molar-refractivity contribution in [3.05, 3.63) is 87.4 Å². The fraction of sp³-hybridized carbons (Fsp3) is 0.136. The molecular formula is C22H15Cl2F3N4O4. The van der Waals surface area contributed by atoms with Gasteiger partial charge in [0, 0.05) is 18.3 Å². The highest BCUT2D eigenvalue weighted by molar-refractivity contribution is 6.40. The number of aromatic nitrogens is 2. The summed E-state index contributed by atoms with van der Waals surface area (Å²) in [5, 5.41) is 14.4. The van der Waals surface area contributed by atoms with E-state index in [9.17, 15) is 32.7 Å². The molecule has 1 aromatic heterocycles. The number of amides is 2. The van der Waals surface area contributed by atoms with Gasteiger partial charge in [0.05, 0.1) is 21.2 Å². The number of rotatable bonds is 7. The Morgan fingerprint density at radius 2 is 1.63 bits per heavy atom. The number of alkyl halides is 3. The standard InChI is InChI=1S/C22H15Cl2F3N4O4/c23-14-2-1-3-15(24)17(14)20(33)30-12-6-4-11(5-7-12)8-16(21(34)35)31-19(32)13-9-28-10-29-18(13)22(25,26)27/h1-7,9-10,16H,8H2,(H,30,33)(H,31,32)(H,34,35)/t16-/m0/s1. The predicted molar refractivity (Wildman–Crippen MR) is 120 cm³/mol. The highest BCUT2D eigenvalue weighted by Crippen LogP contribution is 2.30. The minimum Gasteiger partial charge on any atom is -0.480 e. The summed E-state index contributed by atoms with van der Waals surface area (Å²) in [6.45, 7) is 0. The molecule has 0 aliphatic heterocycles. The van der Waals surface area contributed by atoms with Crippen LogP contribution in [0.15, 0.2) is 55.0 Å². The number of aliphatic carboxylic acids is 1. The Labute approximate surface area is 206 Å². The van der Waals surface area contributed by atoms with Crippen molar-refractivity contribution in [1.82, 2.24) is 15.3 Å². The van der Waals surface area contributed by atoms with E-state index in [0.29, 0.717) is 23.8 Å². The van der Waals surface area contributed by atoms with Crippen LogP contribution in [0.25, 0.3) is 0 Å². The van der Waals surface area contributed by atoms with Crippen molar-refractivity contribution >= 4 is 46.7 Å². The zero-order chi connectivity index (χ0) is 25.8. The molecule has 8 nitrogen and oxygen atoms in total. The Bertz CT molecular complexity index is 1250. The molecule has 35 heavy (non-hydrogen) atoms. The Hall–Kier alpha value is -3.70. The molecule has 0 unspecified atom stereocenters. The van der Waals surface area contributed by atoms with Gasteiger partial charge in [-0.2, -0.15) is 13.2 Å². The third-order valence-electron chi connectivity index (χ3n) is 4.67. The third-order valence-corrected chi connectivity index (χ3v) is 5.30. The first-order valence-electron chi connectivity index (χ1n) is 9.72. The zero-order valence-electron chi connectivity index (χ0n) is 17.4. The van der Waals surface area contributed by atoms with E-state index in [-0.39, 0.29) is 22.0 Å². The largest absolute Gasteiger partial charge is 0.480 e. The summed E-state index contributed by atoms with van der Waals surface area (Å²) in [5.41, 5.74) is -1.53. The smallest absolute Gasteiger partial charge is 0.434 e. The maximum Gasteiger partial charge on any atom is 0.434 e. The molecule has 3 rings (SSSR count). The van der Waals surface area contributed by atoms with Gasteiger partial charge >= 0.3 is 12.1 Å². The van der Waals surface area contributed by atoms with Crippen molar-refractivity contribution < 1.29 is 32.7 Å². The molecule has 0 fully saturated rings. The number of carboxylic acid groups (broad SMARTS) is 1. The summed E-state index contributed by atoms with van der Waals surface area (Å²) in [4.78, 5) is 43.0. The molecule has 0 spiro atoms. The SMILES string of the molecule is O=C(N[C@@H](Cc1ccc(NC(=O)c2c(Cl)cccc2Cl)cc1)C(=O)O)c1cncnc1C(F)(F)F. The lowest BCUT2D eigenvalue weighted by atomic mass is 10.0. The topological polar surface area (TPSA) is 121 Å². The van der Waals surface area contributed by atoms with Gasteiger partial charge in [0.1, 0.15) is 12.4 Å². The molecule has 2 amide bonds. The molecule has 0 aliphatic carbocycles. The molecule has 0 bridgehead atoms. The first kappa shape index (κ1) is 25.9. The van der Waals surface area contributed by atoms with Gasteiger partial charge in [0.15, 0.2) is 5.69 Å². The number of carboxylic acids is 1. The Kier molecular flexibility index (Phi) is 7.92. The van der Waals surface area contributed by atoms with Crippen LogP contribution in [-0.2, 0) is 17.4 Å². The van der Waals surface area contributed by atoms with Gasteiger partial charge in [0.2, 0.25) is 0 Å². The lowest BCUT2D eigenvalue weighted by molar-refractivity contribution is -0.141. The fourth-order valence-electron chi connectivity index (χ4n) is 3.03. The minimum absolute atomic E-state index is 0.0803. The van der Waals surface area contributed by atoms with Crippen LogP contribution in [0.5, 0.6) is 0 Å². The second-order valence-electron chi connectivity index (χ2n) is 7.10. The van der Waals surface area contributed by atoms with Crippen LogP contribution in [0, 0.1) is 0 Å². The second kappa shape index (κ2) is 10.7. The maximum absolute atomic E-state index is 13.1. The highest BCUT2D eigenvalue weighted by Gasteiger charge is 2.38. The van der Waals surface area contributed by atoms with Crippen molar-refractivity contribution in [2.45, 2.75) is 18.6 Å². The Morgan fingerprint density at radius 1 is 1.00 bits per heavy atom. The molecule has 2 aromatic carbocycles. The predicted octanol–water partition coefficient (Wildman–Crippen LogP) is 4.48. The average molecular weight is 527 g/mol. The van der Waals surface area contributed by atoms with Gasteiger partial charge < -0.3 is 15.7 Å². The number of nitrogens with zero attached hydrogens (tertiary/aromatic N) is 2. The molecule has 13 heteroatoms. The van der Waals surface area contributed by atoms with Crippen LogP contribution in [0.1, 0.15) is 32.0 Å². The van der Waals surface area contributed by atoms with E-state index in [1.165, 1.54) is 36.4 Å². The highest BCUT2D eigenvalue weighted by atomic mass is 35.5. The van der Waals surface area contributed by atoms with E-state index in [1.54, 1.807) is 6.07 Å². The van der Waals surface area contributed by atoms with Crippen LogP contribution in [0.4, 0.5) is 18.9 Å². The normalized spacial score (nSPS) is 12.0. The number of carbonyl (C=O) groups excluding carboxylic acids is 2. The van der Waals surface area contributed by atoms with Crippen LogP contribution in [0.2, 0.25) is 10.0 Å². The van der Waals surface area contributed by atoms with Crippen LogP contribution in [-0.4, -0.2) is 38.9 Å². The van der Waals surface area contributed by atoms with E-state index in [4.69, 9.17) is 23.2 Å². The summed E-state index contributed by atoms with van der Waals surface area (Å²) in [7, 11) is 0. The van der Waals surface area contributed by atoms with E-state index in [1.807, 2.05) is 0 Å². The van der Waals surface area contributed by atoms with E-state index in [0.717, 1.165) is 0 Å². The number of hydrogen-bond acceptors (Lipinski definition) is 5. The summed E-state index contributed by atoms with van der Waals surface area (Å²) in [6.07, 6.45) is -3.88. The molecule has 0 saturated heterocycles. The molecule has 1 atom stereocenters. The average Bonchev–Trinajstić information content (AvgIpc) is 2.79. The Morgan fingerprint density at radius 3 is 2.20 bits per heavy atom. The molecule has 0 aliphatic rings. The van der Waals surface area contributed by atoms with E-state index < -0.39 is 41.3 Å². The van der Waals surface area contributed by atoms with Gasteiger partial charge in [-0.05, 0) is 29.8 Å². The number of hydrogen-bond donors (Lipinski definition) is 3. The van der Waals surface area contributed by atoms with Crippen LogP contribution < -0.4 is 10.6 Å². The van der Waals surface area contributed by atoms with Crippen LogP contribution in [0.3, 0.4) is 0 Å². The van der Waals surface area contributed by atoms with Gasteiger partial charge in [0.25, 0.3) is 11.8 Å². The summed E-state index contributed by atoms with van der Waals surface area (Å²) >= 11 is 12.0. The first-order valence-corrected chi connectivity index (χ1v) is 10.5. The molecule has 3 N–H and O–H groups in total. The summed E-state index contributed by atoms with van der Waals surface area (Å²) < 4.78 is 39.3. The number of nitrogens with one attached hydrogen (secondary N) is 2. The Balaban J connectivity index is 1.71. The summed E-state index contributed by atoms with van der Waals surface area (Å²) in [5.74, 6) is -3.31. The van der Waals surface area contributed by atoms with Gasteiger partial charge in [-0.1, -0.05) is 41.4 Å². The zero-order valence-corrected chi connectivity index (χ0v) is 18.9. The van der Waals surface area contributed by atoms with Gasteiger partial charge in [-0.15, -0.1) is 0 Å². The lowest BCUT2D eigenvalue weighted by Crippen LogP contribution is -2.43. The minimum atomic E-state index is -4.93. The van der Waals surface area contributed by atoms with Crippen LogP contribution >= 0.6 is 23.2 Å². The van der Waals surface area contributed by atoms with Crippen molar-refractivity contribution in [1.29, 1.82) is 0 Å².